The number of nitrogens with zero attached hydrogens (tertiary/aromatic N) is 3. The standard InChI is InChI=1S/C50H33FN4O/c51-24-7-14-45(52)39-12-3-1-10-37(39)33-16-20-47-41(28-33)42-29-34(38-11-2-4-13-40(38)46-15-5-6-26-54-46)17-21-48(42)55(47)36-19-23-50-44(30-36)43-27-32(18-22-49(43)56-50)35-9-8-25-53-31-35/h1-31H,52H2/b24-7-,45-14-. The first-order valence-electron chi connectivity index (χ1n) is 18.4. The Morgan fingerprint density at radius 2 is 1.23 bits per heavy atom. The van der Waals surface area contributed by atoms with Crippen LogP contribution in [0.2, 0.25) is 0 Å². The van der Waals surface area contributed by atoms with Gasteiger partial charge in [-0.1, -0.05) is 78.9 Å². The minimum absolute atomic E-state index is 0.484. The summed E-state index contributed by atoms with van der Waals surface area (Å²) in [7, 11) is 0. The van der Waals surface area contributed by atoms with E-state index in [1.807, 2.05) is 60.9 Å². The molecule has 4 aromatic heterocycles. The molecule has 266 valence electrons. The lowest BCUT2D eigenvalue weighted by atomic mass is 9.94. The molecule has 10 aromatic rings. The number of halogens is 1. The zero-order chi connectivity index (χ0) is 37.6. The van der Waals surface area contributed by atoms with Crippen LogP contribution in [0.15, 0.2) is 193 Å². The molecular weight excluding hydrogens is 692 g/mol. The van der Waals surface area contributed by atoms with Crippen LogP contribution in [-0.2, 0) is 0 Å². The van der Waals surface area contributed by atoms with Crippen molar-refractivity contribution in [1.82, 2.24) is 14.5 Å². The molecule has 0 fully saturated rings. The molecule has 56 heavy (non-hydrogen) atoms. The van der Waals surface area contributed by atoms with Gasteiger partial charge in [0.1, 0.15) is 11.2 Å². The quantitative estimate of drug-likeness (QED) is 0.166. The van der Waals surface area contributed by atoms with E-state index in [1.54, 1.807) is 12.3 Å². The summed E-state index contributed by atoms with van der Waals surface area (Å²) in [4.78, 5) is 9.03. The van der Waals surface area contributed by atoms with Gasteiger partial charge >= 0.3 is 0 Å². The summed E-state index contributed by atoms with van der Waals surface area (Å²) in [6.45, 7) is 0. The number of rotatable bonds is 7. The van der Waals surface area contributed by atoms with Crippen LogP contribution in [0.4, 0.5) is 4.39 Å². The average molecular weight is 725 g/mol. The summed E-state index contributed by atoms with van der Waals surface area (Å²) in [5.74, 6) is 0. The second-order valence-electron chi connectivity index (χ2n) is 13.8. The molecule has 0 aliphatic carbocycles. The van der Waals surface area contributed by atoms with Gasteiger partial charge in [-0.25, -0.2) is 4.39 Å². The zero-order valence-electron chi connectivity index (χ0n) is 30.1. The van der Waals surface area contributed by atoms with E-state index in [2.05, 4.69) is 118 Å². The van der Waals surface area contributed by atoms with Gasteiger partial charge in [0.15, 0.2) is 0 Å². The number of benzene rings is 6. The molecule has 0 amide bonds. The number of fused-ring (bicyclic) bond motifs is 6. The Kier molecular flexibility index (Phi) is 8.07. The van der Waals surface area contributed by atoms with Gasteiger partial charge in [-0.15, -0.1) is 0 Å². The fourth-order valence-electron chi connectivity index (χ4n) is 7.95. The van der Waals surface area contributed by atoms with Crippen molar-refractivity contribution in [3.05, 3.63) is 194 Å². The summed E-state index contributed by atoms with van der Waals surface area (Å²) in [6.07, 6.45) is 8.89. The van der Waals surface area contributed by atoms with Crippen LogP contribution in [0, 0.1) is 0 Å². The zero-order valence-corrected chi connectivity index (χ0v) is 30.1. The summed E-state index contributed by atoms with van der Waals surface area (Å²) < 4.78 is 21.7. The van der Waals surface area contributed by atoms with Gasteiger partial charge in [0, 0.05) is 68.2 Å². The molecule has 0 bridgehead atoms. The molecule has 0 spiro atoms. The van der Waals surface area contributed by atoms with Gasteiger partial charge in [-0.05, 0) is 113 Å². The van der Waals surface area contributed by atoms with Gasteiger partial charge in [-0.2, -0.15) is 0 Å². The van der Waals surface area contributed by atoms with Crippen molar-refractivity contribution in [3.8, 4) is 50.3 Å². The SMILES string of the molecule is N/C(=C\C=C/F)c1ccccc1-c1ccc2c(c1)c1cc(-c3ccccc3-c3ccccn3)ccc1n2-c1ccc2oc3ccc(-c4cccnc4)cc3c2c1. The number of hydrogen-bond acceptors (Lipinski definition) is 4. The van der Waals surface area contributed by atoms with Crippen LogP contribution >= 0.6 is 0 Å². The molecule has 0 aliphatic rings. The third-order valence-electron chi connectivity index (χ3n) is 10.5. The van der Waals surface area contributed by atoms with Crippen LogP contribution in [0.25, 0.3) is 99.8 Å². The highest BCUT2D eigenvalue weighted by Gasteiger charge is 2.19. The highest BCUT2D eigenvalue weighted by Crippen LogP contribution is 2.41. The predicted octanol–water partition coefficient (Wildman–Crippen LogP) is 12.9. The molecule has 2 N–H and O–H groups in total. The lowest BCUT2D eigenvalue weighted by Gasteiger charge is -2.11. The molecule has 6 aromatic carbocycles. The van der Waals surface area contributed by atoms with E-state index in [-0.39, 0.29) is 0 Å². The van der Waals surface area contributed by atoms with Crippen molar-refractivity contribution in [3.63, 3.8) is 0 Å². The van der Waals surface area contributed by atoms with Gasteiger partial charge in [0.05, 0.1) is 23.1 Å². The fourth-order valence-corrected chi connectivity index (χ4v) is 7.95. The minimum atomic E-state index is 0.484. The van der Waals surface area contributed by atoms with Crippen molar-refractivity contribution in [2.45, 2.75) is 0 Å². The molecule has 4 heterocycles. The lowest BCUT2D eigenvalue weighted by molar-refractivity contribution is 0.669. The fraction of sp³-hybridized carbons (Fsp3) is 0. The van der Waals surface area contributed by atoms with E-state index < -0.39 is 0 Å². The van der Waals surface area contributed by atoms with Crippen molar-refractivity contribution in [1.29, 1.82) is 0 Å². The molecule has 6 heteroatoms. The second kappa shape index (κ2) is 13.7. The average Bonchev–Trinajstić information content (AvgIpc) is 3.80. The Labute approximate surface area is 322 Å². The first-order valence-corrected chi connectivity index (χ1v) is 18.4. The molecule has 0 aliphatic heterocycles. The Bertz CT molecular complexity index is 3160. The van der Waals surface area contributed by atoms with Crippen molar-refractivity contribution < 1.29 is 8.81 Å². The molecular formula is C50H33FN4O. The first-order chi connectivity index (χ1) is 27.6. The Hall–Kier alpha value is -7.57. The van der Waals surface area contributed by atoms with Gasteiger partial charge in [-0.3, -0.25) is 9.97 Å². The molecule has 0 unspecified atom stereocenters. The van der Waals surface area contributed by atoms with Crippen LogP contribution < -0.4 is 5.73 Å². The van der Waals surface area contributed by atoms with Crippen LogP contribution in [0.3, 0.4) is 0 Å². The van der Waals surface area contributed by atoms with Crippen LogP contribution in [0.1, 0.15) is 5.56 Å². The number of aromatic nitrogens is 3. The van der Waals surface area contributed by atoms with Crippen molar-refractivity contribution >= 4 is 49.4 Å². The number of furan rings is 1. The molecule has 5 nitrogen and oxygen atoms in total. The van der Waals surface area contributed by atoms with Crippen molar-refractivity contribution in [2.24, 2.45) is 5.73 Å². The third kappa shape index (κ3) is 5.63. The Balaban J connectivity index is 1.21. The van der Waals surface area contributed by atoms with E-state index in [9.17, 15) is 4.39 Å². The minimum Gasteiger partial charge on any atom is -0.456 e. The third-order valence-corrected chi connectivity index (χ3v) is 10.5. The normalized spacial score (nSPS) is 12.1. The maximum Gasteiger partial charge on any atom is 0.135 e. The number of hydrogen-bond donors (Lipinski definition) is 1. The number of nitrogens with two attached hydrogens (primary N) is 1. The van der Waals surface area contributed by atoms with Crippen LogP contribution in [0.5, 0.6) is 0 Å². The predicted molar refractivity (Wildman–Crippen MR) is 228 cm³/mol. The summed E-state index contributed by atoms with van der Waals surface area (Å²) >= 11 is 0. The maximum absolute atomic E-state index is 13.0. The maximum atomic E-state index is 13.0. The Morgan fingerprint density at radius 1 is 0.571 bits per heavy atom. The van der Waals surface area contributed by atoms with E-state index >= 15 is 0 Å². The molecule has 0 saturated heterocycles. The van der Waals surface area contributed by atoms with E-state index in [0.717, 1.165) is 99.6 Å². The van der Waals surface area contributed by atoms with E-state index in [1.165, 1.54) is 6.08 Å². The highest BCUT2D eigenvalue weighted by atomic mass is 19.1. The number of pyridine rings is 2. The topological polar surface area (TPSA) is 69.9 Å². The second-order valence-corrected chi connectivity index (χ2v) is 13.8. The van der Waals surface area contributed by atoms with E-state index in [4.69, 9.17) is 10.2 Å². The molecule has 10 rings (SSSR count). The van der Waals surface area contributed by atoms with E-state index in [0.29, 0.717) is 12.0 Å². The van der Waals surface area contributed by atoms with Crippen molar-refractivity contribution in [2.75, 3.05) is 0 Å². The smallest absolute Gasteiger partial charge is 0.135 e. The van der Waals surface area contributed by atoms with Gasteiger partial charge < -0.3 is 14.7 Å². The summed E-state index contributed by atoms with van der Waals surface area (Å²) in [5, 5.41) is 4.28. The number of allylic oxidation sites excluding steroid dienone is 2. The molecule has 0 radical (unpaired) electrons. The van der Waals surface area contributed by atoms with Gasteiger partial charge in [0.2, 0.25) is 0 Å². The monoisotopic (exact) mass is 724 g/mol. The van der Waals surface area contributed by atoms with Gasteiger partial charge in [0.25, 0.3) is 0 Å². The largest absolute Gasteiger partial charge is 0.456 e. The molecule has 0 atom stereocenters. The van der Waals surface area contributed by atoms with Crippen LogP contribution in [-0.4, -0.2) is 14.5 Å². The Morgan fingerprint density at radius 3 is 1.96 bits per heavy atom. The molecule has 0 saturated carbocycles. The highest BCUT2D eigenvalue weighted by molar-refractivity contribution is 6.13. The summed E-state index contributed by atoms with van der Waals surface area (Å²) in [5.41, 5.74) is 20.9. The lowest BCUT2D eigenvalue weighted by Crippen LogP contribution is -1.98. The summed E-state index contributed by atoms with van der Waals surface area (Å²) in [6, 6.07) is 52.4. The first kappa shape index (κ1) is 33.0.